The molecule has 0 aromatic heterocycles. The second-order valence-corrected chi connectivity index (χ2v) is 11.9. The molecule has 3 amide bonds. The smallest absolute Gasteiger partial charge is 0.248 e. The first-order valence-electron chi connectivity index (χ1n) is 15.1. The van der Waals surface area contributed by atoms with Crippen LogP contribution in [-0.4, -0.2) is 132 Å². The zero-order valence-electron chi connectivity index (χ0n) is 24.6. The molecule has 6 atom stereocenters. The van der Waals surface area contributed by atoms with Crippen molar-refractivity contribution in [3.8, 4) is 0 Å². The van der Waals surface area contributed by atoms with E-state index in [4.69, 9.17) is 9.47 Å². The molecule has 4 fully saturated rings. The Morgan fingerprint density at radius 3 is 2.52 bits per heavy atom. The average Bonchev–Trinajstić information content (AvgIpc) is 3.66. The number of benzene rings is 1. The van der Waals surface area contributed by atoms with Crippen LogP contribution in [0.25, 0.3) is 0 Å². The fourth-order valence-corrected chi connectivity index (χ4v) is 7.43. The van der Waals surface area contributed by atoms with Crippen molar-refractivity contribution in [2.75, 3.05) is 66.1 Å². The number of rotatable bonds is 13. The maximum atomic E-state index is 14.6. The molecular weight excluding hydrogens is 536 g/mol. The van der Waals surface area contributed by atoms with Crippen molar-refractivity contribution in [2.24, 2.45) is 11.8 Å². The van der Waals surface area contributed by atoms with Crippen molar-refractivity contribution >= 4 is 17.7 Å². The first-order chi connectivity index (χ1) is 20.4. The largest absolute Gasteiger partial charge is 0.394 e. The summed E-state index contributed by atoms with van der Waals surface area (Å²) in [7, 11) is 1.70. The van der Waals surface area contributed by atoms with E-state index in [9.17, 15) is 19.5 Å². The third kappa shape index (κ3) is 5.53. The zero-order chi connectivity index (χ0) is 29.9. The van der Waals surface area contributed by atoms with Crippen LogP contribution < -0.4 is 0 Å². The van der Waals surface area contributed by atoms with Gasteiger partial charge in [0.25, 0.3) is 0 Å². The Morgan fingerprint density at radius 2 is 1.86 bits per heavy atom. The van der Waals surface area contributed by atoms with Crippen LogP contribution in [-0.2, 0) is 30.3 Å². The molecule has 1 aromatic carbocycles. The van der Waals surface area contributed by atoms with Crippen LogP contribution in [0.1, 0.15) is 18.4 Å². The Kier molecular flexibility index (Phi) is 9.47. The van der Waals surface area contributed by atoms with Crippen LogP contribution in [0.2, 0.25) is 0 Å². The lowest BCUT2D eigenvalue weighted by Crippen LogP contribution is -2.59. The summed E-state index contributed by atoms with van der Waals surface area (Å²) in [6, 6.07) is 8.04. The molecule has 5 rings (SSSR count). The lowest BCUT2D eigenvalue weighted by molar-refractivity contribution is -0.151. The molecule has 10 nitrogen and oxygen atoms in total. The molecule has 1 spiro atoms. The number of fused-ring (bicyclic) bond motifs is 1. The van der Waals surface area contributed by atoms with Gasteiger partial charge in [0, 0.05) is 46.3 Å². The van der Waals surface area contributed by atoms with E-state index in [-0.39, 0.29) is 24.3 Å². The minimum absolute atomic E-state index is 0.174. The summed E-state index contributed by atoms with van der Waals surface area (Å²) < 4.78 is 12.1. The number of hydrogen-bond donors (Lipinski definition) is 1. The number of likely N-dealkylation sites (tertiary alicyclic amines) is 1. The zero-order valence-corrected chi connectivity index (χ0v) is 24.6. The molecular formula is C32H44N4O6. The van der Waals surface area contributed by atoms with Gasteiger partial charge >= 0.3 is 0 Å². The van der Waals surface area contributed by atoms with Crippen LogP contribution >= 0.6 is 0 Å². The number of aliphatic hydroxyl groups excluding tert-OH is 1. The number of likely N-dealkylation sites (N-methyl/N-ethyl adjacent to an activating group) is 1. The van der Waals surface area contributed by atoms with Gasteiger partial charge < -0.3 is 29.3 Å². The van der Waals surface area contributed by atoms with Crippen molar-refractivity contribution in [2.45, 2.75) is 43.1 Å². The summed E-state index contributed by atoms with van der Waals surface area (Å²) in [5.41, 5.74) is -0.180. The minimum Gasteiger partial charge on any atom is -0.394 e. The number of morpholine rings is 1. The first kappa shape index (κ1) is 30.4. The average molecular weight is 581 g/mol. The summed E-state index contributed by atoms with van der Waals surface area (Å²) >= 11 is 0. The topological polar surface area (TPSA) is 103 Å². The van der Waals surface area contributed by atoms with Crippen LogP contribution in [0, 0.1) is 11.8 Å². The van der Waals surface area contributed by atoms with Gasteiger partial charge in [-0.05, 0) is 24.8 Å². The van der Waals surface area contributed by atoms with Gasteiger partial charge in [-0.1, -0.05) is 42.5 Å². The van der Waals surface area contributed by atoms with E-state index in [0.29, 0.717) is 58.7 Å². The highest BCUT2D eigenvalue weighted by Crippen LogP contribution is 2.59. The van der Waals surface area contributed by atoms with Gasteiger partial charge in [-0.25, -0.2) is 0 Å². The fourth-order valence-electron chi connectivity index (χ4n) is 7.43. The number of nitrogens with zero attached hydrogens (tertiary/aromatic N) is 4. The maximum Gasteiger partial charge on any atom is 0.248 e. The standard InChI is InChI=1S/C32H44N4O6/c1-4-13-33(3)29(38)26-25-11-12-32(42-25)27(26)30(39)36(24(22-37)21-23-9-7-6-8-10-23)28(32)31(40)35(14-5-2)16-15-34-17-19-41-20-18-34/h4-10,24-28,37H,1-2,11-22H2,3H3/t24-,25-,26+,27+,28?,32?/m1/s1. The van der Waals surface area contributed by atoms with Crippen molar-refractivity contribution in [1.82, 2.24) is 19.6 Å². The van der Waals surface area contributed by atoms with Gasteiger partial charge in [0.2, 0.25) is 17.7 Å². The second kappa shape index (κ2) is 13.1. The van der Waals surface area contributed by atoms with E-state index in [1.165, 1.54) is 0 Å². The van der Waals surface area contributed by atoms with E-state index in [1.54, 1.807) is 33.9 Å². The maximum absolute atomic E-state index is 14.6. The van der Waals surface area contributed by atoms with Crippen molar-refractivity contribution in [3.63, 3.8) is 0 Å². The molecule has 0 saturated carbocycles. The lowest BCUT2D eigenvalue weighted by atomic mass is 9.70. The van der Waals surface area contributed by atoms with E-state index in [0.717, 1.165) is 18.7 Å². The quantitative estimate of drug-likeness (QED) is 0.347. The molecule has 2 unspecified atom stereocenters. The Morgan fingerprint density at radius 1 is 1.14 bits per heavy atom. The Balaban J connectivity index is 1.50. The number of aliphatic hydroxyl groups is 1. The third-order valence-electron chi connectivity index (χ3n) is 9.41. The normalized spacial score (nSPS) is 29.3. The molecule has 4 aliphatic heterocycles. The monoisotopic (exact) mass is 580 g/mol. The fraction of sp³-hybridized carbons (Fsp3) is 0.594. The van der Waals surface area contributed by atoms with Crippen LogP contribution in [0.3, 0.4) is 0 Å². The molecule has 4 saturated heterocycles. The summed E-state index contributed by atoms with van der Waals surface area (Å²) in [4.78, 5) is 50.0. The summed E-state index contributed by atoms with van der Waals surface area (Å²) in [6.07, 6.45) is 4.40. The van der Waals surface area contributed by atoms with Gasteiger partial charge in [-0.3, -0.25) is 19.3 Å². The molecule has 1 aromatic rings. The van der Waals surface area contributed by atoms with Crippen molar-refractivity contribution in [1.29, 1.82) is 0 Å². The van der Waals surface area contributed by atoms with E-state index < -0.39 is 35.6 Å². The van der Waals surface area contributed by atoms with Gasteiger partial charge in [0.05, 0.1) is 43.8 Å². The van der Waals surface area contributed by atoms with Gasteiger partial charge in [0.15, 0.2) is 0 Å². The molecule has 228 valence electrons. The highest BCUT2D eigenvalue weighted by Gasteiger charge is 2.75. The molecule has 1 N–H and O–H groups in total. The molecule has 4 aliphatic rings. The summed E-state index contributed by atoms with van der Waals surface area (Å²) in [5.74, 6) is -2.17. The van der Waals surface area contributed by atoms with Crippen LogP contribution in [0.4, 0.5) is 0 Å². The highest BCUT2D eigenvalue weighted by molar-refractivity contribution is 5.99. The molecule has 42 heavy (non-hydrogen) atoms. The van der Waals surface area contributed by atoms with Crippen LogP contribution in [0.15, 0.2) is 55.6 Å². The van der Waals surface area contributed by atoms with Crippen molar-refractivity contribution in [3.05, 3.63) is 61.2 Å². The molecule has 10 heteroatoms. The Bertz CT molecular complexity index is 1160. The number of carbonyl (C=O) groups is 3. The van der Waals surface area contributed by atoms with Gasteiger partial charge in [-0.2, -0.15) is 0 Å². The predicted octanol–water partition coefficient (Wildman–Crippen LogP) is 0.956. The lowest BCUT2D eigenvalue weighted by Gasteiger charge is -2.40. The van der Waals surface area contributed by atoms with Crippen molar-refractivity contribution < 1.29 is 29.0 Å². The van der Waals surface area contributed by atoms with Gasteiger partial charge in [-0.15, -0.1) is 13.2 Å². The van der Waals surface area contributed by atoms with E-state index in [2.05, 4.69) is 18.1 Å². The number of amides is 3. The van der Waals surface area contributed by atoms with Crippen LogP contribution in [0.5, 0.6) is 0 Å². The number of carbonyl (C=O) groups excluding carboxylic acids is 3. The number of ether oxygens (including phenoxy) is 2. The predicted molar refractivity (Wildman–Crippen MR) is 157 cm³/mol. The summed E-state index contributed by atoms with van der Waals surface area (Å²) in [6.45, 7) is 12.0. The summed E-state index contributed by atoms with van der Waals surface area (Å²) in [5, 5.41) is 10.7. The molecule has 4 heterocycles. The SMILES string of the molecule is C=CCN(C)C(=O)[C@@H]1[C@H]2C(=O)N([C@@H](CO)Cc3ccccc3)C(C(=O)N(CC=C)CCN3CCOCC3)C23CC[C@H]1O3. The third-order valence-corrected chi connectivity index (χ3v) is 9.41. The van der Waals surface area contributed by atoms with E-state index >= 15 is 0 Å². The molecule has 0 aliphatic carbocycles. The van der Waals surface area contributed by atoms with E-state index in [1.807, 2.05) is 30.3 Å². The second-order valence-electron chi connectivity index (χ2n) is 11.9. The number of hydrogen-bond acceptors (Lipinski definition) is 7. The first-order valence-corrected chi connectivity index (χ1v) is 15.1. The Hall–Kier alpha value is -3.05. The molecule has 2 bridgehead atoms. The van der Waals surface area contributed by atoms with Gasteiger partial charge in [0.1, 0.15) is 11.6 Å². The minimum atomic E-state index is -1.13. The highest BCUT2D eigenvalue weighted by atomic mass is 16.5. The Labute approximate surface area is 248 Å². The molecule has 0 radical (unpaired) electrons.